The quantitative estimate of drug-likeness (QED) is 0.343. The summed E-state index contributed by atoms with van der Waals surface area (Å²) in [5.74, 6) is 0.00579. The molecule has 2 amide bonds. The topological polar surface area (TPSA) is 84.0 Å². The van der Waals surface area contributed by atoms with Crippen LogP contribution in [-0.2, 0) is 17.0 Å². The van der Waals surface area contributed by atoms with Crippen LogP contribution in [0.5, 0.6) is 0 Å². The van der Waals surface area contributed by atoms with Crippen molar-refractivity contribution in [2.75, 3.05) is 0 Å². The molecule has 2 aromatic carbocycles. The van der Waals surface area contributed by atoms with Crippen molar-refractivity contribution in [1.82, 2.24) is 20.8 Å². The van der Waals surface area contributed by atoms with E-state index in [1.54, 1.807) is 48.2 Å². The second-order valence-corrected chi connectivity index (χ2v) is 8.10. The zero-order valence-electron chi connectivity index (χ0n) is 16.6. The molecule has 0 aliphatic heterocycles. The molecule has 30 heavy (non-hydrogen) atoms. The predicted octanol–water partition coefficient (Wildman–Crippen LogP) is 4.04. The Labute approximate surface area is 184 Å². The highest BCUT2D eigenvalue weighted by Crippen LogP contribution is 2.20. The molecule has 8 heteroatoms. The van der Waals surface area contributed by atoms with Crippen LogP contribution in [0.25, 0.3) is 0 Å². The summed E-state index contributed by atoms with van der Waals surface area (Å²) in [6.45, 7) is 3.89. The number of carbonyl (C=O) groups is 2. The summed E-state index contributed by atoms with van der Waals surface area (Å²) >= 11 is 7.37. The first-order valence-corrected chi connectivity index (χ1v) is 10.6. The maximum Gasteiger partial charge on any atom is 0.269 e. The first-order valence-electron chi connectivity index (χ1n) is 9.27. The number of rotatable bonds is 6. The Morgan fingerprint density at radius 3 is 2.13 bits per heavy atom. The fraction of sp³-hybridized carbons (Fsp3) is 0.182. The van der Waals surface area contributed by atoms with Gasteiger partial charge in [-0.05, 0) is 55.3 Å². The number of benzene rings is 2. The summed E-state index contributed by atoms with van der Waals surface area (Å²) in [6.07, 6.45) is 0.147. The van der Waals surface area contributed by atoms with Gasteiger partial charge in [-0.2, -0.15) is 0 Å². The zero-order chi connectivity index (χ0) is 21.5. The van der Waals surface area contributed by atoms with Crippen LogP contribution in [0.3, 0.4) is 0 Å². The number of thioether (sulfide) groups is 1. The van der Waals surface area contributed by atoms with Crippen LogP contribution in [0.15, 0.2) is 59.8 Å². The Morgan fingerprint density at radius 2 is 1.50 bits per heavy atom. The minimum Gasteiger partial charge on any atom is -0.273 e. The Hall–Kier alpha value is -2.90. The van der Waals surface area contributed by atoms with Crippen molar-refractivity contribution >= 4 is 35.2 Å². The van der Waals surface area contributed by atoms with Crippen LogP contribution < -0.4 is 10.9 Å². The minimum atomic E-state index is -0.378. The maximum absolute atomic E-state index is 12.2. The molecule has 0 fully saturated rings. The Morgan fingerprint density at radius 1 is 0.900 bits per heavy atom. The summed E-state index contributed by atoms with van der Waals surface area (Å²) in [4.78, 5) is 33.0. The van der Waals surface area contributed by atoms with Gasteiger partial charge in [0.1, 0.15) is 0 Å². The van der Waals surface area contributed by atoms with Crippen LogP contribution in [0.1, 0.15) is 32.9 Å². The van der Waals surface area contributed by atoms with Crippen LogP contribution in [0.4, 0.5) is 0 Å². The lowest BCUT2D eigenvalue weighted by Gasteiger charge is -2.08. The van der Waals surface area contributed by atoms with E-state index in [4.69, 9.17) is 11.6 Å². The summed E-state index contributed by atoms with van der Waals surface area (Å²) < 4.78 is 0. The number of hydrogen-bond acceptors (Lipinski definition) is 5. The van der Waals surface area contributed by atoms with Crippen molar-refractivity contribution in [1.29, 1.82) is 0 Å². The molecule has 0 bridgehead atoms. The molecular formula is C22H21ClN4O2S. The van der Waals surface area contributed by atoms with E-state index in [-0.39, 0.29) is 18.2 Å². The lowest BCUT2D eigenvalue weighted by molar-refractivity contribution is -0.121. The van der Waals surface area contributed by atoms with E-state index in [1.807, 2.05) is 32.0 Å². The zero-order valence-corrected chi connectivity index (χ0v) is 18.2. The monoisotopic (exact) mass is 440 g/mol. The van der Waals surface area contributed by atoms with Crippen molar-refractivity contribution in [3.05, 3.63) is 87.7 Å². The molecule has 0 unspecified atom stereocenters. The summed E-state index contributed by atoms with van der Waals surface area (Å²) in [5.41, 5.74) is 9.04. The molecule has 1 aromatic heterocycles. The van der Waals surface area contributed by atoms with Gasteiger partial charge in [-0.3, -0.25) is 20.4 Å². The standard InChI is InChI=1S/C22H21ClN4O2S/c1-14-11-15(2)25-22(24-14)30-13-17-3-7-18(8-4-17)21(29)27-26-20(28)12-16-5-9-19(23)10-6-16/h3-11H,12-13H2,1-2H3,(H,26,28)(H,27,29). The predicted molar refractivity (Wildman–Crippen MR) is 118 cm³/mol. The molecule has 0 spiro atoms. The van der Waals surface area contributed by atoms with E-state index in [9.17, 15) is 9.59 Å². The van der Waals surface area contributed by atoms with Crippen molar-refractivity contribution in [3.8, 4) is 0 Å². The summed E-state index contributed by atoms with van der Waals surface area (Å²) in [7, 11) is 0. The van der Waals surface area contributed by atoms with Gasteiger partial charge >= 0.3 is 0 Å². The normalized spacial score (nSPS) is 10.5. The molecule has 2 N–H and O–H groups in total. The molecule has 3 aromatic rings. The van der Waals surface area contributed by atoms with Gasteiger partial charge in [-0.15, -0.1) is 0 Å². The third kappa shape index (κ3) is 6.57. The number of hydrazine groups is 1. The van der Waals surface area contributed by atoms with Gasteiger partial charge in [0.05, 0.1) is 6.42 Å². The molecule has 1 heterocycles. The largest absolute Gasteiger partial charge is 0.273 e. The Bertz CT molecular complexity index is 1020. The summed E-state index contributed by atoms with van der Waals surface area (Å²) in [5, 5.41) is 1.34. The molecule has 0 saturated carbocycles. The van der Waals surface area contributed by atoms with Gasteiger partial charge in [0, 0.05) is 27.7 Å². The van der Waals surface area contributed by atoms with Gasteiger partial charge < -0.3 is 0 Å². The lowest BCUT2D eigenvalue weighted by Crippen LogP contribution is -2.42. The Balaban J connectivity index is 1.48. The first-order chi connectivity index (χ1) is 14.4. The van der Waals surface area contributed by atoms with Gasteiger partial charge in [-0.1, -0.05) is 47.6 Å². The molecule has 0 radical (unpaired) electrons. The van der Waals surface area contributed by atoms with Crippen LogP contribution in [0, 0.1) is 13.8 Å². The molecule has 3 rings (SSSR count). The first kappa shape index (κ1) is 21.8. The number of carbonyl (C=O) groups excluding carboxylic acids is 2. The third-order valence-electron chi connectivity index (χ3n) is 4.14. The van der Waals surface area contributed by atoms with Crippen LogP contribution in [0.2, 0.25) is 5.02 Å². The second-order valence-electron chi connectivity index (χ2n) is 6.72. The molecule has 0 aliphatic carbocycles. The molecule has 154 valence electrons. The third-order valence-corrected chi connectivity index (χ3v) is 5.31. The van der Waals surface area contributed by atoms with E-state index < -0.39 is 0 Å². The fourth-order valence-electron chi connectivity index (χ4n) is 2.69. The van der Waals surface area contributed by atoms with Crippen molar-refractivity contribution < 1.29 is 9.59 Å². The van der Waals surface area contributed by atoms with E-state index in [1.165, 1.54) is 0 Å². The number of hydrogen-bond donors (Lipinski definition) is 2. The highest BCUT2D eigenvalue weighted by molar-refractivity contribution is 7.98. The van der Waals surface area contributed by atoms with Crippen molar-refractivity contribution in [2.24, 2.45) is 0 Å². The van der Waals surface area contributed by atoms with Crippen LogP contribution in [-0.4, -0.2) is 21.8 Å². The minimum absolute atomic E-state index is 0.147. The molecule has 0 saturated heterocycles. The highest BCUT2D eigenvalue weighted by atomic mass is 35.5. The maximum atomic E-state index is 12.2. The van der Waals surface area contributed by atoms with Gasteiger partial charge in [0.25, 0.3) is 5.91 Å². The number of nitrogens with one attached hydrogen (secondary N) is 2. The average molecular weight is 441 g/mol. The van der Waals surface area contributed by atoms with Gasteiger partial charge in [0.15, 0.2) is 5.16 Å². The number of aromatic nitrogens is 2. The number of amides is 2. The number of aryl methyl sites for hydroxylation is 2. The molecular weight excluding hydrogens is 420 g/mol. The van der Waals surface area contributed by atoms with Crippen molar-refractivity contribution in [2.45, 2.75) is 31.2 Å². The van der Waals surface area contributed by atoms with Crippen molar-refractivity contribution in [3.63, 3.8) is 0 Å². The molecule has 0 atom stereocenters. The second kappa shape index (κ2) is 10.2. The SMILES string of the molecule is Cc1cc(C)nc(SCc2ccc(C(=O)NNC(=O)Cc3ccc(Cl)cc3)cc2)n1. The van der Waals surface area contributed by atoms with Gasteiger partial charge in [0.2, 0.25) is 5.91 Å². The molecule has 6 nitrogen and oxygen atoms in total. The van der Waals surface area contributed by atoms with Gasteiger partial charge in [-0.25, -0.2) is 9.97 Å². The number of halogens is 1. The average Bonchev–Trinajstić information content (AvgIpc) is 2.72. The highest BCUT2D eigenvalue weighted by Gasteiger charge is 2.09. The molecule has 0 aliphatic rings. The van der Waals surface area contributed by atoms with E-state index in [0.717, 1.165) is 27.7 Å². The van der Waals surface area contributed by atoms with E-state index in [0.29, 0.717) is 16.3 Å². The smallest absolute Gasteiger partial charge is 0.269 e. The van der Waals surface area contributed by atoms with E-state index >= 15 is 0 Å². The van der Waals surface area contributed by atoms with E-state index in [2.05, 4.69) is 20.8 Å². The lowest BCUT2D eigenvalue weighted by atomic mass is 10.1. The summed E-state index contributed by atoms with van der Waals surface area (Å²) in [6, 6.07) is 16.1. The Kier molecular flexibility index (Phi) is 7.43. The number of nitrogens with zero attached hydrogens (tertiary/aromatic N) is 2. The van der Waals surface area contributed by atoms with Crippen LogP contribution >= 0.6 is 23.4 Å². The fourth-order valence-corrected chi connectivity index (χ4v) is 3.72.